The number of fused-ring (bicyclic) bond motifs is 1. The van der Waals surface area contributed by atoms with Crippen molar-refractivity contribution >= 4 is 40.2 Å². The van der Waals surface area contributed by atoms with Gasteiger partial charge in [-0.3, -0.25) is 4.79 Å². The topological polar surface area (TPSA) is 71.5 Å². The lowest BCUT2D eigenvalue weighted by Crippen LogP contribution is -2.35. The molecule has 0 fully saturated rings. The average Bonchev–Trinajstić information content (AvgIpc) is 3.03. The SMILES string of the molecule is COC(=O)N1CCc2nc(NC(=O)CCSc3ccc(F)cc3)sc2C1. The van der Waals surface area contributed by atoms with Crippen molar-refractivity contribution in [2.24, 2.45) is 0 Å². The standard InChI is InChI=1S/C17H18FN3O3S2/c1-24-17(23)21-8-6-13-14(10-21)26-16(19-13)20-15(22)7-9-25-12-4-2-11(18)3-5-12/h2-5H,6-10H2,1H3,(H,19,20,22). The van der Waals surface area contributed by atoms with Crippen molar-refractivity contribution in [1.29, 1.82) is 0 Å². The van der Waals surface area contributed by atoms with Crippen LogP contribution in [0.1, 0.15) is 17.0 Å². The highest BCUT2D eigenvalue weighted by Crippen LogP contribution is 2.29. The zero-order valence-corrected chi connectivity index (χ0v) is 15.8. The Morgan fingerprint density at radius 3 is 2.88 bits per heavy atom. The van der Waals surface area contributed by atoms with Crippen LogP contribution >= 0.6 is 23.1 Å². The highest BCUT2D eigenvalue weighted by Gasteiger charge is 2.24. The Morgan fingerprint density at radius 1 is 1.38 bits per heavy atom. The van der Waals surface area contributed by atoms with Crippen LogP contribution in [-0.4, -0.2) is 41.3 Å². The van der Waals surface area contributed by atoms with Gasteiger partial charge in [0, 0.05) is 34.9 Å². The Labute approximate surface area is 158 Å². The number of anilines is 1. The number of carbonyl (C=O) groups is 2. The summed E-state index contributed by atoms with van der Waals surface area (Å²) >= 11 is 2.88. The fourth-order valence-corrected chi connectivity index (χ4v) is 4.40. The molecule has 1 aromatic heterocycles. The quantitative estimate of drug-likeness (QED) is 0.785. The number of nitrogens with one attached hydrogen (secondary N) is 1. The third-order valence-electron chi connectivity index (χ3n) is 3.82. The molecule has 1 N–H and O–H groups in total. The molecule has 1 aliphatic rings. The number of methoxy groups -OCH3 is 1. The fourth-order valence-electron chi connectivity index (χ4n) is 2.51. The van der Waals surface area contributed by atoms with Gasteiger partial charge >= 0.3 is 6.09 Å². The van der Waals surface area contributed by atoms with Gasteiger partial charge in [0.15, 0.2) is 5.13 Å². The molecule has 0 radical (unpaired) electrons. The van der Waals surface area contributed by atoms with E-state index in [-0.39, 0.29) is 17.8 Å². The molecular weight excluding hydrogens is 377 g/mol. The zero-order valence-electron chi connectivity index (χ0n) is 14.2. The Hall–Kier alpha value is -2.13. The molecule has 2 amide bonds. The van der Waals surface area contributed by atoms with Crippen molar-refractivity contribution in [2.45, 2.75) is 24.3 Å². The number of halogens is 1. The molecule has 138 valence electrons. The van der Waals surface area contributed by atoms with Crippen molar-refractivity contribution in [3.8, 4) is 0 Å². The smallest absolute Gasteiger partial charge is 0.409 e. The van der Waals surface area contributed by atoms with Crippen molar-refractivity contribution < 1.29 is 18.7 Å². The predicted octanol–water partition coefficient (Wildman–Crippen LogP) is 3.53. The van der Waals surface area contributed by atoms with Crippen molar-refractivity contribution in [3.63, 3.8) is 0 Å². The van der Waals surface area contributed by atoms with E-state index in [9.17, 15) is 14.0 Å². The number of ether oxygens (including phenoxy) is 1. The number of thiazole rings is 1. The molecule has 0 atom stereocenters. The fraction of sp³-hybridized carbons (Fsp3) is 0.353. The van der Waals surface area contributed by atoms with E-state index < -0.39 is 0 Å². The van der Waals surface area contributed by atoms with Crippen LogP contribution in [0.3, 0.4) is 0 Å². The molecule has 0 aliphatic carbocycles. The van der Waals surface area contributed by atoms with E-state index in [1.165, 1.54) is 42.3 Å². The van der Waals surface area contributed by atoms with Gasteiger partial charge in [0.2, 0.25) is 5.91 Å². The number of hydrogen-bond acceptors (Lipinski definition) is 6. The molecule has 0 spiro atoms. The number of hydrogen-bond donors (Lipinski definition) is 1. The molecule has 6 nitrogen and oxygen atoms in total. The maximum atomic E-state index is 12.9. The van der Waals surface area contributed by atoms with E-state index in [1.807, 2.05) is 0 Å². The summed E-state index contributed by atoms with van der Waals surface area (Å²) in [6.07, 6.45) is 0.630. The van der Waals surface area contributed by atoms with Crippen molar-refractivity contribution in [1.82, 2.24) is 9.88 Å². The summed E-state index contributed by atoms with van der Waals surface area (Å²) in [7, 11) is 1.36. The normalized spacial score (nSPS) is 13.2. The Kier molecular flexibility index (Phi) is 6.10. The molecule has 9 heteroatoms. The second-order valence-corrected chi connectivity index (χ2v) is 7.88. The van der Waals surface area contributed by atoms with E-state index in [0.717, 1.165) is 15.5 Å². The van der Waals surface area contributed by atoms with E-state index >= 15 is 0 Å². The lowest BCUT2D eigenvalue weighted by atomic mass is 10.2. The van der Waals surface area contributed by atoms with E-state index in [0.29, 0.717) is 36.8 Å². The summed E-state index contributed by atoms with van der Waals surface area (Å²) in [5.41, 5.74) is 0.922. The first kappa shape index (κ1) is 18.7. The predicted molar refractivity (Wildman–Crippen MR) is 99.0 cm³/mol. The summed E-state index contributed by atoms with van der Waals surface area (Å²) < 4.78 is 17.6. The maximum absolute atomic E-state index is 12.9. The van der Waals surface area contributed by atoms with Crippen LogP contribution < -0.4 is 5.32 Å². The van der Waals surface area contributed by atoms with E-state index in [1.54, 1.807) is 17.0 Å². The largest absolute Gasteiger partial charge is 0.453 e. The minimum atomic E-state index is -0.354. The molecule has 0 bridgehead atoms. The Bertz CT molecular complexity index is 795. The molecule has 0 unspecified atom stereocenters. The first-order valence-electron chi connectivity index (χ1n) is 8.05. The maximum Gasteiger partial charge on any atom is 0.409 e. The first-order chi connectivity index (χ1) is 12.5. The van der Waals surface area contributed by atoms with Gasteiger partial charge < -0.3 is 15.0 Å². The van der Waals surface area contributed by atoms with Gasteiger partial charge in [0.05, 0.1) is 19.3 Å². The molecule has 0 saturated heterocycles. The van der Waals surface area contributed by atoms with Gasteiger partial charge in [-0.25, -0.2) is 14.2 Å². The Morgan fingerprint density at radius 2 is 2.15 bits per heavy atom. The Balaban J connectivity index is 1.48. The van der Waals surface area contributed by atoms with Crippen molar-refractivity contribution in [2.75, 3.05) is 24.7 Å². The van der Waals surface area contributed by atoms with E-state index in [2.05, 4.69) is 10.3 Å². The van der Waals surface area contributed by atoms with Crippen LogP contribution in [0.2, 0.25) is 0 Å². The van der Waals surface area contributed by atoms with Crippen LogP contribution in [0.4, 0.5) is 14.3 Å². The summed E-state index contributed by atoms with van der Waals surface area (Å²) in [6.45, 7) is 1.01. The average molecular weight is 395 g/mol. The molecular formula is C17H18FN3O3S2. The molecule has 26 heavy (non-hydrogen) atoms. The summed E-state index contributed by atoms with van der Waals surface area (Å²) in [6, 6.07) is 6.19. The molecule has 3 rings (SSSR count). The lowest BCUT2D eigenvalue weighted by molar-refractivity contribution is -0.115. The summed E-state index contributed by atoms with van der Waals surface area (Å²) in [5.74, 6) is 0.208. The van der Waals surface area contributed by atoms with Crippen LogP contribution in [0.25, 0.3) is 0 Å². The number of benzene rings is 1. The number of thioether (sulfide) groups is 1. The second-order valence-electron chi connectivity index (χ2n) is 5.63. The molecule has 2 heterocycles. The highest BCUT2D eigenvalue weighted by molar-refractivity contribution is 7.99. The molecule has 1 aromatic carbocycles. The zero-order chi connectivity index (χ0) is 18.5. The van der Waals surface area contributed by atoms with Crippen molar-refractivity contribution in [3.05, 3.63) is 40.7 Å². The van der Waals surface area contributed by atoms with Gasteiger partial charge in [-0.05, 0) is 24.3 Å². The molecule has 1 aliphatic heterocycles. The highest BCUT2D eigenvalue weighted by atomic mass is 32.2. The number of rotatable bonds is 5. The van der Waals surface area contributed by atoms with Gasteiger partial charge in [0.1, 0.15) is 5.82 Å². The lowest BCUT2D eigenvalue weighted by Gasteiger charge is -2.24. The number of aromatic nitrogens is 1. The third kappa shape index (κ3) is 4.73. The summed E-state index contributed by atoms with van der Waals surface area (Å²) in [5, 5.41) is 3.37. The van der Waals surface area contributed by atoms with Gasteiger partial charge in [-0.2, -0.15) is 0 Å². The number of carbonyl (C=O) groups excluding carboxylic acids is 2. The minimum Gasteiger partial charge on any atom is -0.453 e. The van der Waals surface area contributed by atoms with Crippen LogP contribution in [0, 0.1) is 5.82 Å². The third-order valence-corrected chi connectivity index (χ3v) is 5.83. The number of nitrogens with zero attached hydrogens (tertiary/aromatic N) is 2. The summed E-state index contributed by atoms with van der Waals surface area (Å²) in [4.78, 5) is 31.7. The van der Waals surface area contributed by atoms with Crippen LogP contribution in [-0.2, 0) is 22.5 Å². The molecule has 2 aromatic rings. The molecule has 0 saturated carbocycles. The van der Waals surface area contributed by atoms with Gasteiger partial charge in [-0.15, -0.1) is 11.8 Å². The van der Waals surface area contributed by atoms with Crippen LogP contribution in [0.15, 0.2) is 29.2 Å². The monoisotopic (exact) mass is 395 g/mol. The first-order valence-corrected chi connectivity index (χ1v) is 9.85. The second kappa shape index (κ2) is 8.50. The number of amides is 2. The van der Waals surface area contributed by atoms with Gasteiger partial charge in [0.25, 0.3) is 0 Å². The van der Waals surface area contributed by atoms with Crippen LogP contribution in [0.5, 0.6) is 0 Å². The minimum absolute atomic E-state index is 0.115. The van der Waals surface area contributed by atoms with E-state index in [4.69, 9.17) is 4.74 Å². The van der Waals surface area contributed by atoms with Gasteiger partial charge in [-0.1, -0.05) is 11.3 Å².